The maximum Gasteiger partial charge on any atom is 0.227 e. The van der Waals surface area contributed by atoms with Gasteiger partial charge in [-0.05, 0) is 42.9 Å². The molecule has 2 aliphatic heterocycles. The molecular weight excluding hydrogens is 344 g/mol. The Balaban J connectivity index is 1.51. The first kappa shape index (κ1) is 18.3. The lowest BCUT2D eigenvalue weighted by molar-refractivity contribution is -0.138. The van der Waals surface area contributed by atoms with E-state index >= 15 is 0 Å². The highest BCUT2D eigenvalue weighted by Crippen LogP contribution is 2.37. The van der Waals surface area contributed by atoms with Crippen LogP contribution in [-0.2, 0) is 20.7 Å². The summed E-state index contributed by atoms with van der Waals surface area (Å²) in [5.74, 6) is 1.62. The van der Waals surface area contributed by atoms with E-state index in [0.717, 1.165) is 24.3 Å². The van der Waals surface area contributed by atoms with Crippen molar-refractivity contribution in [3.05, 3.63) is 29.8 Å². The molecule has 4 rings (SSSR count). The topological polar surface area (TPSA) is 59.1 Å². The molecule has 27 heavy (non-hydrogen) atoms. The van der Waals surface area contributed by atoms with Crippen LogP contribution in [0.1, 0.15) is 31.2 Å². The fourth-order valence-electron chi connectivity index (χ4n) is 4.22. The zero-order valence-electron chi connectivity index (χ0n) is 16.0. The van der Waals surface area contributed by atoms with Crippen molar-refractivity contribution in [2.24, 2.45) is 5.92 Å². The molecule has 0 radical (unpaired) electrons. The third kappa shape index (κ3) is 3.95. The maximum atomic E-state index is 13.0. The SMILES string of the molecule is COc1cccc(CC(=O)N2CCC(=O)N(CC3CC3)C3(CCOC3)C2)c1. The molecule has 1 aromatic carbocycles. The summed E-state index contributed by atoms with van der Waals surface area (Å²) in [5, 5.41) is 0. The third-order valence-corrected chi connectivity index (χ3v) is 6.02. The van der Waals surface area contributed by atoms with Crippen LogP contribution >= 0.6 is 0 Å². The fraction of sp³-hybridized carbons (Fsp3) is 0.619. The molecule has 146 valence electrons. The second-order valence-electron chi connectivity index (χ2n) is 8.07. The van der Waals surface area contributed by atoms with Crippen LogP contribution in [0.25, 0.3) is 0 Å². The van der Waals surface area contributed by atoms with E-state index in [1.807, 2.05) is 29.2 Å². The van der Waals surface area contributed by atoms with Gasteiger partial charge in [0, 0.05) is 32.7 Å². The first-order chi connectivity index (χ1) is 13.1. The van der Waals surface area contributed by atoms with Crippen LogP contribution in [0.4, 0.5) is 0 Å². The number of nitrogens with zero attached hydrogens (tertiary/aromatic N) is 2. The number of carbonyl (C=O) groups excluding carboxylic acids is 2. The van der Waals surface area contributed by atoms with Gasteiger partial charge in [-0.15, -0.1) is 0 Å². The lowest BCUT2D eigenvalue weighted by Gasteiger charge is -2.40. The van der Waals surface area contributed by atoms with E-state index in [2.05, 4.69) is 4.90 Å². The quantitative estimate of drug-likeness (QED) is 0.792. The van der Waals surface area contributed by atoms with E-state index in [9.17, 15) is 9.59 Å². The number of ether oxygens (including phenoxy) is 2. The van der Waals surface area contributed by atoms with Gasteiger partial charge in [-0.2, -0.15) is 0 Å². The predicted octanol–water partition coefficient (Wildman–Crippen LogP) is 1.87. The standard InChI is InChI=1S/C21H28N2O4/c1-26-18-4-2-3-17(11-18)12-20(25)22-9-7-19(24)23(13-16-5-6-16)21(14-22)8-10-27-15-21/h2-4,11,16H,5-10,12-15H2,1H3. The summed E-state index contributed by atoms with van der Waals surface area (Å²) in [4.78, 5) is 29.8. The van der Waals surface area contributed by atoms with Gasteiger partial charge in [-0.25, -0.2) is 0 Å². The van der Waals surface area contributed by atoms with E-state index in [4.69, 9.17) is 9.47 Å². The van der Waals surface area contributed by atoms with Crippen LogP contribution in [0.2, 0.25) is 0 Å². The summed E-state index contributed by atoms with van der Waals surface area (Å²) in [5.41, 5.74) is 0.585. The van der Waals surface area contributed by atoms with Crippen molar-refractivity contribution >= 4 is 11.8 Å². The van der Waals surface area contributed by atoms with Gasteiger partial charge < -0.3 is 19.3 Å². The van der Waals surface area contributed by atoms with Crippen molar-refractivity contribution in [2.45, 2.75) is 37.6 Å². The Hall–Kier alpha value is -2.08. The van der Waals surface area contributed by atoms with Crippen molar-refractivity contribution in [3.63, 3.8) is 0 Å². The summed E-state index contributed by atoms with van der Waals surface area (Å²) in [6.45, 7) is 3.08. The first-order valence-electron chi connectivity index (χ1n) is 9.88. The van der Waals surface area contributed by atoms with Gasteiger partial charge in [0.05, 0.1) is 25.7 Å². The van der Waals surface area contributed by atoms with Crippen molar-refractivity contribution < 1.29 is 19.1 Å². The number of rotatable bonds is 5. The van der Waals surface area contributed by atoms with Crippen LogP contribution < -0.4 is 4.74 Å². The number of amides is 2. The van der Waals surface area contributed by atoms with E-state index < -0.39 is 0 Å². The minimum absolute atomic E-state index is 0.0654. The average Bonchev–Trinajstić information content (AvgIpc) is 3.40. The Morgan fingerprint density at radius 2 is 2.22 bits per heavy atom. The Morgan fingerprint density at radius 1 is 1.37 bits per heavy atom. The summed E-state index contributed by atoms with van der Waals surface area (Å²) >= 11 is 0. The molecule has 3 aliphatic rings. The smallest absolute Gasteiger partial charge is 0.227 e. The van der Waals surface area contributed by atoms with Crippen LogP contribution in [-0.4, -0.2) is 67.1 Å². The highest BCUT2D eigenvalue weighted by molar-refractivity contribution is 5.82. The molecule has 2 heterocycles. The number of hydrogen-bond donors (Lipinski definition) is 0. The van der Waals surface area contributed by atoms with E-state index in [-0.39, 0.29) is 17.4 Å². The largest absolute Gasteiger partial charge is 0.497 e. The number of benzene rings is 1. The molecule has 1 aliphatic carbocycles. The normalized spacial score (nSPS) is 25.7. The molecule has 2 saturated heterocycles. The molecule has 1 atom stereocenters. The van der Waals surface area contributed by atoms with Gasteiger partial charge >= 0.3 is 0 Å². The molecule has 1 unspecified atom stereocenters. The molecule has 1 saturated carbocycles. The van der Waals surface area contributed by atoms with E-state index in [1.165, 1.54) is 12.8 Å². The number of carbonyl (C=O) groups is 2. The Labute approximate surface area is 160 Å². The number of methoxy groups -OCH3 is 1. The molecule has 0 bridgehead atoms. The minimum atomic E-state index is -0.347. The second-order valence-corrected chi connectivity index (χ2v) is 8.07. The molecule has 2 amide bonds. The first-order valence-corrected chi connectivity index (χ1v) is 9.88. The maximum absolute atomic E-state index is 13.0. The average molecular weight is 372 g/mol. The summed E-state index contributed by atoms with van der Waals surface area (Å²) in [6, 6.07) is 7.61. The zero-order valence-corrected chi connectivity index (χ0v) is 16.0. The number of hydrogen-bond acceptors (Lipinski definition) is 4. The van der Waals surface area contributed by atoms with Crippen LogP contribution in [0, 0.1) is 5.92 Å². The zero-order chi connectivity index (χ0) is 18.9. The molecule has 0 aromatic heterocycles. The minimum Gasteiger partial charge on any atom is -0.497 e. The Bertz CT molecular complexity index is 710. The molecule has 1 aromatic rings. The predicted molar refractivity (Wildman–Crippen MR) is 100 cm³/mol. The van der Waals surface area contributed by atoms with Gasteiger partial charge in [-0.3, -0.25) is 9.59 Å². The Kier molecular flexibility index (Phi) is 5.08. The van der Waals surface area contributed by atoms with Crippen LogP contribution in [0.3, 0.4) is 0 Å². The van der Waals surface area contributed by atoms with E-state index in [1.54, 1.807) is 7.11 Å². The van der Waals surface area contributed by atoms with Gasteiger partial charge in [0.15, 0.2) is 0 Å². The fourth-order valence-corrected chi connectivity index (χ4v) is 4.22. The van der Waals surface area contributed by atoms with Crippen molar-refractivity contribution in [1.82, 2.24) is 9.80 Å². The molecule has 6 heteroatoms. The summed E-state index contributed by atoms with van der Waals surface area (Å²) in [7, 11) is 1.62. The molecular formula is C21H28N2O4. The van der Waals surface area contributed by atoms with Gasteiger partial charge in [0.2, 0.25) is 11.8 Å². The monoisotopic (exact) mass is 372 g/mol. The highest BCUT2D eigenvalue weighted by Gasteiger charge is 2.48. The van der Waals surface area contributed by atoms with Gasteiger partial charge in [-0.1, -0.05) is 12.1 Å². The summed E-state index contributed by atoms with van der Waals surface area (Å²) in [6.07, 6.45) is 3.95. The van der Waals surface area contributed by atoms with Crippen LogP contribution in [0.15, 0.2) is 24.3 Å². The Morgan fingerprint density at radius 3 is 2.93 bits per heavy atom. The second kappa shape index (κ2) is 7.50. The lowest BCUT2D eigenvalue weighted by Crippen LogP contribution is -2.57. The van der Waals surface area contributed by atoms with Crippen molar-refractivity contribution in [2.75, 3.05) is 40.0 Å². The molecule has 6 nitrogen and oxygen atoms in total. The van der Waals surface area contributed by atoms with E-state index in [0.29, 0.717) is 45.1 Å². The lowest BCUT2D eigenvalue weighted by atomic mass is 9.94. The van der Waals surface area contributed by atoms with Crippen LogP contribution in [0.5, 0.6) is 5.75 Å². The molecule has 1 spiro atoms. The van der Waals surface area contributed by atoms with Crippen molar-refractivity contribution in [1.29, 1.82) is 0 Å². The van der Waals surface area contributed by atoms with Gasteiger partial charge in [0.1, 0.15) is 5.75 Å². The molecule has 0 N–H and O–H groups in total. The summed E-state index contributed by atoms with van der Waals surface area (Å²) < 4.78 is 11.0. The molecule has 3 fully saturated rings. The highest BCUT2D eigenvalue weighted by atomic mass is 16.5. The third-order valence-electron chi connectivity index (χ3n) is 6.02. The van der Waals surface area contributed by atoms with Gasteiger partial charge in [0.25, 0.3) is 0 Å². The van der Waals surface area contributed by atoms with Crippen molar-refractivity contribution in [3.8, 4) is 5.75 Å².